The van der Waals surface area contributed by atoms with Crippen molar-refractivity contribution < 1.29 is 9.67 Å². The minimum atomic E-state index is 0.226. The highest BCUT2D eigenvalue weighted by molar-refractivity contribution is 5.04. The Morgan fingerprint density at radius 2 is 2.40 bits per heavy atom. The number of aromatic nitrogens is 1. The van der Waals surface area contributed by atoms with Crippen molar-refractivity contribution in [3.05, 3.63) is 30.1 Å². The molecule has 0 aliphatic heterocycles. The summed E-state index contributed by atoms with van der Waals surface area (Å²) < 4.78 is 1.98. The maximum Gasteiger partial charge on any atom is 0.171 e. The summed E-state index contributed by atoms with van der Waals surface area (Å²) in [5.74, 6) is 0. The van der Waals surface area contributed by atoms with Gasteiger partial charge in [0, 0.05) is 24.7 Å². The lowest BCUT2D eigenvalue weighted by Gasteiger charge is -1.93. The van der Waals surface area contributed by atoms with E-state index in [2.05, 4.69) is 0 Å². The van der Waals surface area contributed by atoms with E-state index in [-0.39, 0.29) is 6.61 Å². The Balaban J connectivity index is 2.75. The molecule has 0 fully saturated rings. The summed E-state index contributed by atoms with van der Waals surface area (Å²) in [6.07, 6.45) is 4.73. The van der Waals surface area contributed by atoms with E-state index >= 15 is 0 Å². The molecule has 1 N–H and O–H groups in total. The molecule has 1 aromatic rings. The lowest BCUT2D eigenvalue weighted by Crippen LogP contribution is -2.26. The van der Waals surface area contributed by atoms with E-state index in [4.69, 9.17) is 5.11 Å². The van der Waals surface area contributed by atoms with Crippen LogP contribution in [-0.4, -0.2) is 11.7 Å². The first-order valence-electron chi connectivity index (χ1n) is 3.38. The standard InChI is InChI=1S/C8H12NO/c1-9-5-2-3-8(7-9)4-6-10/h2-3,5,7,10H,4,6H2,1H3/q+1. The lowest BCUT2D eigenvalue weighted by atomic mass is 10.2. The summed E-state index contributed by atoms with van der Waals surface area (Å²) in [4.78, 5) is 0. The fraction of sp³-hybridized carbons (Fsp3) is 0.375. The molecule has 0 aliphatic rings. The molecule has 1 rings (SSSR count). The third-order valence-electron chi connectivity index (χ3n) is 1.40. The van der Waals surface area contributed by atoms with Gasteiger partial charge in [0.05, 0.1) is 0 Å². The summed E-state index contributed by atoms with van der Waals surface area (Å²) in [6.45, 7) is 0.226. The lowest BCUT2D eigenvalue weighted by molar-refractivity contribution is -0.671. The Morgan fingerprint density at radius 1 is 1.60 bits per heavy atom. The maximum atomic E-state index is 8.60. The summed E-state index contributed by atoms with van der Waals surface area (Å²) in [6, 6.07) is 3.99. The molecule has 0 unspecified atom stereocenters. The molecule has 0 radical (unpaired) electrons. The minimum absolute atomic E-state index is 0.226. The van der Waals surface area contributed by atoms with Gasteiger partial charge in [-0.2, -0.15) is 0 Å². The third-order valence-corrected chi connectivity index (χ3v) is 1.40. The Bertz CT molecular complexity index is 210. The fourth-order valence-corrected chi connectivity index (χ4v) is 0.927. The quantitative estimate of drug-likeness (QED) is 0.573. The molecule has 0 bridgehead atoms. The van der Waals surface area contributed by atoms with Gasteiger partial charge in [0.2, 0.25) is 0 Å². The van der Waals surface area contributed by atoms with Crippen molar-refractivity contribution in [3.63, 3.8) is 0 Å². The summed E-state index contributed by atoms with van der Waals surface area (Å²) in [5.41, 5.74) is 1.17. The van der Waals surface area contributed by atoms with E-state index in [0.29, 0.717) is 0 Å². The van der Waals surface area contributed by atoms with Crippen LogP contribution in [-0.2, 0) is 13.5 Å². The number of aryl methyl sites for hydroxylation is 1. The van der Waals surface area contributed by atoms with Crippen molar-refractivity contribution in [1.82, 2.24) is 0 Å². The van der Waals surface area contributed by atoms with Crippen molar-refractivity contribution in [2.45, 2.75) is 6.42 Å². The van der Waals surface area contributed by atoms with E-state index in [1.807, 2.05) is 36.1 Å². The number of rotatable bonds is 2. The predicted molar refractivity (Wildman–Crippen MR) is 38.4 cm³/mol. The third kappa shape index (κ3) is 1.81. The maximum absolute atomic E-state index is 8.60. The fourth-order valence-electron chi connectivity index (χ4n) is 0.927. The van der Waals surface area contributed by atoms with E-state index in [0.717, 1.165) is 6.42 Å². The van der Waals surface area contributed by atoms with Crippen molar-refractivity contribution in [3.8, 4) is 0 Å². The van der Waals surface area contributed by atoms with Gasteiger partial charge >= 0.3 is 0 Å². The average Bonchev–Trinajstić information content (AvgIpc) is 1.88. The Hall–Kier alpha value is -0.890. The van der Waals surface area contributed by atoms with Crippen LogP contribution in [0.25, 0.3) is 0 Å². The predicted octanol–water partition coefficient (Wildman–Crippen LogP) is 0.0459. The van der Waals surface area contributed by atoms with Gasteiger partial charge in [-0.15, -0.1) is 0 Å². The molecule has 10 heavy (non-hydrogen) atoms. The molecule has 2 nitrogen and oxygen atoms in total. The minimum Gasteiger partial charge on any atom is -0.396 e. The smallest absolute Gasteiger partial charge is 0.171 e. The highest BCUT2D eigenvalue weighted by Crippen LogP contribution is 1.93. The summed E-state index contributed by atoms with van der Waals surface area (Å²) >= 11 is 0. The second-order valence-electron chi connectivity index (χ2n) is 2.35. The van der Waals surface area contributed by atoms with Gasteiger partial charge in [0.1, 0.15) is 7.05 Å². The van der Waals surface area contributed by atoms with Gasteiger partial charge in [0.15, 0.2) is 12.4 Å². The topological polar surface area (TPSA) is 24.1 Å². The van der Waals surface area contributed by atoms with Crippen molar-refractivity contribution >= 4 is 0 Å². The van der Waals surface area contributed by atoms with Crippen molar-refractivity contribution in [1.29, 1.82) is 0 Å². The molecule has 1 heterocycles. The van der Waals surface area contributed by atoms with E-state index in [1.54, 1.807) is 0 Å². The van der Waals surface area contributed by atoms with Gasteiger partial charge in [-0.05, 0) is 6.07 Å². The zero-order valence-corrected chi connectivity index (χ0v) is 6.12. The highest BCUT2D eigenvalue weighted by Gasteiger charge is 1.94. The molecule has 1 aromatic heterocycles. The monoisotopic (exact) mass is 138 g/mol. The normalized spacial score (nSPS) is 9.80. The molecule has 0 spiro atoms. The molecule has 0 aromatic carbocycles. The molecule has 0 amide bonds. The van der Waals surface area contributed by atoms with Crippen LogP contribution in [0.5, 0.6) is 0 Å². The molecular weight excluding hydrogens is 126 g/mol. The van der Waals surface area contributed by atoms with Crippen LogP contribution >= 0.6 is 0 Å². The number of pyridine rings is 1. The van der Waals surface area contributed by atoms with Gasteiger partial charge in [-0.25, -0.2) is 4.57 Å². The Labute approximate surface area is 60.8 Å². The molecule has 2 heteroatoms. The van der Waals surface area contributed by atoms with E-state index in [1.165, 1.54) is 5.56 Å². The number of hydrogen-bond donors (Lipinski definition) is 1. The molecule has 0 saturated heterocycles. The van der Waals surface area contributed by atoms with Crippen LogP contribution in [0.15, 0.2) is 24.5 Å². The molecular formula is C8H12NO+. The number of aliphatic hydroxyl groups is 1. The second kappa shape index (κ2) is 3.32. The molecule has 0 atom stereocenters. The summed E-state index contributed by atoms with van der Waals surface area (Å²) in [7, 11) is 1.97. The zero-order chi connectivity index (χ0) is 7.40. The van der Waals surface area contributed by atoms with E-state index in [9.17, 15) is 0 Å². The van der Waals surface area contributed by atoms with Gasteiger partial charge in [-0.3, -0.25) is 0 Å². The zero-order valence-electron chi connectivity index (χ0n) is 6.12. The largest absolute Gasteiger partial charge is 0.396 e. The number of nitrogens with zero attached hydrogens (tertiary/aromatic N) is 1. The first kappa shape index (κ1) is 7.22. The van der Waals surface area contributed by atoms with Crippen LogP contribution in [0.1, 0.15) is 5.56 Å². The van der Waals surface area contributed by atoms with Gasteiger partial charge in [-0.1, -0.05) is 0 Å². The van der Waals surface area contributed by atoms with Crippen LogP contribution in [0.4, 0.5) is 0 Å². The SMILES string of the molecule is C[n+]1cccc(CCO)c1. The molecule has 0 aliphatic carbocycles. The first-order chi connectivity index (χ1) is 4.83. The number of hydrogen-bond acceptors (Lipinski definition) is 1. The van der Waals surface area contributed by atoms with Crippen molar-refractivity contribution in [2.24, 2.45) is 7.05 Å². The number of aliphatic hydroxyl groups excluding tert-OH is 1. The van der Waals surface area contributed by atoms with Crippen molar-refractivity contribution in [2.75, 3.05) is 6.61 Å². The van der Waals surface area contributed by atoms with Crippen LogP contribution in [0.2, 0.25) is 0 Å². The second-order valence-corrected chi connectivity index (χ2v) is 2.35. The Kier molecular flexibility index (Phi) is 2.40. The average molecular weight is 138 g/mol. The van der Waals surface area contributed by atoms with Crippen LogP contribution in [0, 0.1) is 0 Å². The van der Waals surface area contributed by atoms with Crippen LogP contribution < -0.4 is 4.57 Å². The van der Waals surface area contributed by atoms with Crippen LogP contribution in [0.3, 0.4) is 0 Å². The van der Waals surface area contributed by atoms with E-state index < -0.39 is 0 Å². The van der Waals surface area contributed by atoms with Gasteiger partial charge < -0.3 is 5.11 Å². The highest BCUT2D eigenvalue weighted by atomic mass is 16.2. The molecule has 54 valence electrons. The van der Waals surface area contributed by atoms with Gasteiger partial charge in [0.25, 0.3) is 0 Å². The first-order valence-corrected chi connectivity index (χ1v) is 3.38. The Morgan fingerprint density at radius 3 is 3.00 bits per heavy atom. The molecule has 0 saturated carbocycles. The summed E-state index contributed by atoms with van der Waals surface area (Å²) in [5, 5.41) is 8.60.